The van der Waals surface area contributed by atoms with Crippen molar-refractivity contribution in [3.8, 4) is 0 Å². The molecular weight excluding hydrogens is 773 g/mol. The molecule has 5 atom stereocenters. The Kier molecular flexibility index (Phi) is 15.2. The molecule has 2 aliphatic carbocycles. The first-order chi connectivity index (χ1) is 23.3. The Morgan fingerprint density at radius 3 is 2.14 bits per heavy atom. The van der Waals surface area contributed by atoms with Crippen molar-refractivity contribution in [2.45, 2.75) is 139 Å². The van der Waals surface area contributed by atoms with Crippen LogP contribution in [0.2, 0.25) is 0 Å². The monoisotopic (exact) mass is 833 g/mol. The van der Waals surface area contributed by atoms with Gasteiger partial charge in [-0.05, 0) is 77.9 Å². The largest absolute Gasteiger partial charge is 0.346 e. The lowest BCUT2D eigenvalue weighted by Crippen LogP contribution is -2.66. The van der Waals surface area contributed by atoms with Gasteiger partial charge in [0.25, 0.3) is 11.8 Å². The summed E-state index contributed by atoms with van der Waals surface area (Å²) in [7, 11) is -3.40. The van der Waals surface area contributed by atoms with Gasteiger partial charge in [-0.25, -0.2) is 13.2 Å². The van der Waals surface area contributed by atoms with Crippen LogP contribution in [0.5, 0.6) is 0 Å². The Morgan fingerprint density at radius 2 is 1.60 bits per heavy atom. The number of hydrogen-bond acceptors (Lipinski definition) is 7. The molecule has 0 bridgehead atoms. The molecule has 4 N–H and O–H groups in total. The molecule has 0 aromatic rings. The van der Waals surface area contributed by atoms with Crippen molar-refractivity contribution in [1.82, 2.24) is 26.2 Å². The van der Waals surface area contributed by atoms with Gasteiger partial charge in [0.1, 0.15) is 6.04 Å². The van der Waals surface area contributed by atoms with E-state index in [1.807, 2.05) is 64.1 Å². The highest BCUT2D eigenvalue weighted by molar-refractivity contribution is 14.1. The predicted octanol–water partition coefficient (Wildman–Crippen LogP) is 4.41. The predicted molar refractivity (Wildman–Crippen MR) is 203 cm³/mol. The molecule has 1 unspecified atom stereocenters. The molecule has 1 saturated heterocycles. The lowest BCUT2D eigenvalue weighted by molar-refractivity contribution is -0.143. The zero-order valence-electron chi connectivity index (χ0n) is 30.8. The SMILES string of the molecule is C=CCNC(=O)C(=O)[C@H](CC1CC1)NC(=O)C(I)N(C[C@@H](C)C(C)C)C(=O)[C@@H](NC(=O)NC1([C@H]2CCCCS2(=O)=O)CCCCC1)C(C)(C)C. The second kappa shape index (κ2) is 18.0. The van der Waals surface area contributed by atoms with Crippen molar-refractivity contribution in [3.63, 3.8) is 0 Å². The van der Waals surface area contributed by atoms with E-state index in [1.165, 1.54) is 11.0 Å². The van der Waals surface area contributed by atoms with E-state index in [0.29, 0.717) is 32.1 Å². The molecule has 0 spiro atoms. The third kappa shape index (κ3) is 11.4. The number of halogens is 1. The zero-order valence-corrected chi connectivity index (χ0v) is 33.8. The smallest absolute Gasteiger partial charge is 0.315 e. The third-order valence-electron chi connectivity index (χ3n) is 10.6. The molecule has 3 rings (SSSR count). The number of carbonyl (C=O) groups excluding carboxylic acids is 5. The molecule has 5 amide bonds. The first-order valence-electron chi connectivity index (χ1n) is 18.3. The maximum atomic E-state index is 14.6. The maximum absolute atomic E-state index is 14.6. The quantitative estimate of drug-likeness (QED) is 0.0587. The van der Waals surface area contributed by atoms with Crippen LogP contribution in [0.4, 0.5) is 4.79 Å². The first-order valence-corrected chi connectivity index (χ1v) is 21.3. The Morgan fingerprint density at radius 1 is 0.960 bits per heavy atom. The van der Waals surface area contributed by atoms with E-state index in [-0.39, 0.29) is 36.6 Å². The fraction of sp³-hybridized carbons (Fsp3) is 0.806. The van der Waals surface area contributed by atoms with Crippen molar-refractivity contribution >= 4 is 62.0 Å². The zero-order chi connectivity index (χ0) is 37.4. The fourth-order valence-corrected chi connectivity index (χ4v) is 10.1. The van der Waals surface area contributed by atoms with E-state index in [4.69, 9.17) is 0 Å². The molecule has 1 heterocycles. The molecule has 14 heteroatoms. The molecule has 3 fully saturated rings. The molecule has 12 nitrogen and oxygen atoms in total. The summed E-state index contributed by atoms with van der Waals surface area (Å²) in [6, 6.07) is -2.71. The summed E-state index contributed by atoms with van der Waals surface area (Å²) in [4.78, 5) is 69.5. The molecule has 1 aliphatic heterocycles. The number of Topliss-reactive ketones (excluding diaryl/α,β-unsaturated/α-hetero) is 1. The van der Waals surface area contributed by atoms with Gasteiger partial charge < -0.3 is 26.2 Å². The van der Waals surface area contributed by atoms with Crippen LogP contribution in [0.1, 0.15) is 112 Å². The lowest BCUT2D eigenvalue weighted by atomic mass is 9.77. The van der Waals surface area contributed by atoms with Crippen LogP contribution >= 0.6 is 22.6 Å². The Labute approximate surface area is 312 Å². The molecule has 0 aromatic heterocycles. The lowest BCUT2D eigenvalue weighted by Gasteiger charge is -2.45. The van der Waals surface area contributed by atoms with Crippen LogP contribution in [0.3, 0.4) is 0 Å². The third-order valence-corrected chi connectivity index (χ3v) is 14.3. The summed E-state index contributed by atoms with van der Waals surface area (Å²) in [6.45, 7) is 15.4. The van der Waals surface area contributed by atoms with Crippen molar-refractivity contribution in [3.05, 3.63) is 12.7 Å². The summed E-state index contributed by atoms with van der Waals surface area (Å²) in [5, 5.41) is 10.6. The van der Waals surface area contributed by atoms with Gasteiger partial charge in [0.2, 0.25) is 11.7 Å². The standard InChI is InChI=1S/C36H60IN5O7S/c1-8-19-38-31(44)28(43)26(21-25-15-16-25)39-32(45)30(37)42(22-24(4)23(2)3)33(46)29(35(5,6)7)40-34(47)41-36(17-11-9-12-18-36)27-14-10-13-20-50(27,48)49/h8,23-27,29-30H,1,9-22H2,2-7H3,(H,38,44)(H,39,45)(H2,40,41,47)/t24-,26+,27-,29-,30?/m1/s1. The summed E-state index contributed by atoms with van der Waals surface area (Å²) < 4.78 is 25.5. The molecule has 284 valence electrons. The molecular formula is C36H60IN5O7S. The van der Waals surface area contributed by atoms with Gasteiger partial charge in [0.05, 0.1) is 22.6 Å². The van der Waals surface area contributed by atoms with Gasteiger partial charge in [-0.15, -0.1) is 6.58 Å². The first kappa shape index (κ1) is 42.2. The van der Waals surface area contributed by atoms with Gasteiger partial charge in [-0.1, -0.05) is 86.1 Å². The van der Waals surface area contributed by atoms with Gasteiger partial charge in [0.15, 0.2) is 13.9 Å². The van der Waals surface area contributed by atoms with Crippen LogP contribution in [-0.2, 0) is 29.0 Å². The Balaban J connectivity index is 1.88. The molecule has 2 saturated carbocycles. The number of carbonyl (C=O) groups is 5. The average molecular weight is 834 g/mol. The maximum Gasteiger partial charge on any atom is 0.315 e. The average Bonchev–Trinajstić information content (AvgIpc) is 3.87. The van der Waals surface area contributed by atoms with E-state index in [9.17, 15) is 32.4 Å². The van der Waals surface area contributed by atoms with Crippen molar-refractivity contribution in [2.24, 2.45) is 23.2 Å². The van der Waals surface area contributed by atoms with E-state index in [1.54, 1.807) is 0 Å². The number of amides is 5. The van der Waals surface area contributed by atoms with Crippen LogP contribution in [0.25, 0.3) is 0 Å². The second-order valence-electron chi connectivity index (χ2n) is 16.1. The number of sulfone groups is 1. The minimum atomic E-state index is -3.40. The van der Waals surface area contributed by atoms with Crippen molar-refractivity contribution in [1.29, 1.82) is 0 Å². The van der Waals surface area contributed by atoms with E-state index in [0.717, 1.165) is 38.5 Å². The number of nitrogens with one attached hydrogen (secondary N) is 4. The molecule has 3 aliphatic rings. The van der Waals surface area contributed by atoms with Gasteiger partial charge in [0, 0.05) is 13.1 Å². The van der Waals surface area contributed by atoms with Crippen LogP contribution in [0, 0.1) is 23.2 Å². The highest BCUT2D eigenvalue weighted by atomic mass is 127. The number of hydrogen-bond donors (Lipinski definition) is 4. The number of alkyl halides is 1. The van der Waals surface area contributed by atoms with Crippen LogP contribution in [0.15, 0.2) is 12.7 Å². The number of ketones is 1. The van der Waals surface area contributed by atoms with Crippen molar-refractivity contribution < 1.29 is 32.4 Å². The highest BCUT2D eigenvalue weighted by Crippen LogP contribution is 2.39. The normalized spacial score (nSPS) is 22.6. The number of rotatable bonds is 16. The summed E-state index contributed by atoms with van der Waals surface area (Å²) in [6.07, 6.45) is 9.21. The minimum Gasteiger partial charge on any atom is -0.346 e. The molecule has 50 heavy (non-hydrogen) atoms. The Hall–Kier alpha value is -2.23. The van der Waals surface area contributed by atoms with Gasteiger partial charge in [-0.3, -0.25) is 19.2 Å². The fourth-order valence-electron chi connectivity index (χ4n) is 7.02. The summed E-state index contributed by atoms with van der Waals surface area (Å²) in [5.74, 6) is -2.10. The van der Waals surface area contributed by atoms with E-state index in [2.05, 4.69) is 27.8 Å². The molecule has 0 radical (unpaired) electrons. The van der Waals surface area contributed by atoms with Gasteiger partial charge in [-0.2, -0.15) is 0 Å². The number of urea groups is 1. The second-order valence-corrected chi connectivity index (χ2v) is 19.6. The van der Waals surface area contributed by atoms with E-state index >= 15 is 0 Å². The highest BCUT2D eigenvalue weighted by Gasteiger charge is 2.49. The topological polar surface area (TPSA) is 171 Å². The molecule has 0 aromatic carbocycles. The van der Waals surface area contributed by atoms with Crippen LogP contribution in [-0.4, -0.2) is 88.6 Å². The number of nitrogens with zero attached hydrogens (tertiary/aromatic N) is 1. The van der Waals surface area contributed by atoms with Crippen LogP contribution < -0.4 is 21.3 Å². The minimum absolute atomic E-state index is 0.0194. The van der Waals surface area contributed by atoms with E-state index < -0.39 is 71.7 Å². The van der Waals surface area contributed by atoms with Crippen molar-refractivity contribution in [2.75, 3.05) is 18.8 Å². The summed E-state index contributed by atoms with van der Waals surface area (Å²) >= 11 is 1.90. The Bertz CT molecular complexity index is 1350. The van der Waals surface area contributed by atoms with Gasteiger partial charge >= 0.3 is 6.03 Å². The summed E-state index contributed by atoms with van der Waals surface area (Å²) in [5.41, 5.74) is -1.70.